The fraction of sp³-hybridized carbons (Fsp3) is 0.615. The third kappa shape index (κ3) is 3.66. The predicted molar refractivity (Wildman–Crippen MR) is 74.1 cm³/mol. The molecule has 18 heavy (non-hydrogen) atoms. The molecule has 0 radical (unpaired) electrons. The molecular weight excluding hydrogens is 226 g/mol. The highest BCUT2D eigenvalue weighted by atomic mass is 15.3. The number of nitrogens with zero attached hydrogens (tertiary/aromatic N) is 3. The maximum absolute atomic E-state index is 5.37. The van der Waals surface area contributed by atoms with Crippen LogP contribution in [0.2, 0.25) is 0 Å². The van der Waals surface area contributed by atoms with Crippen LogP contribution in [0, 0.1) is 0 Å². The van der Waals surface area contributed by atoms with Gasteiger partial charge in [-0.3, -0.25) is 4.90 Å². The first-order valence-corrected chi connectivity index (χ1v) is 6.68. The standard InChI is InChI=1S/C13H23N5/c1-2-5-17-6-8-18(9-7-17)11-12-3-4-15-13(10-12)16-14/h3-4,10H,2,5-9,11,14H2,1H3,(H,15,16). The zero-order valence-electron chi connectivity index (χ0n) is 11.1. The molecule has 2 rings (SSSR count). The highest BCUT2D eigenvalue weighted by molar-refractivity contribution is 5.35. The van der Waals surface area contributed by atoms with Crippen molar-refractivity contribution >= 4 is 5.82 Å². The van der Waals surface area contributed by atoms with E-state index < -0.39 is 0 Å². The average Bonchev–Trinajstić information content (AvgIpc) is 2.42. The van der Waals surface area contributed by atoms with Crippen LogP contribution in [0.15, 0.2) is 18.3 Å². The van der Waals surface area contributed by atoms with Gasteiger partial charge in [-0.2, -0.15) is 0 Å². The minimum absolute atomic E-state index is 0.733. The lowest BCUT2D eigenvalue weighted by Crippen LogP contribution is -2.45. The number of pyridine rings is 1. The third-order valence-corrected chi connectivity index (χ3v) is 3.38. The van der Waals surface area contributed by atoms with Crippen LogP contribution in [0.4, 0.5) is 5.82 Å². The summed E-state index contributed by atoms with van der Waals surface area (Å²) in [6.07, 6.45) is 3.05. The van der Waals surface area contributed by atoms with Crippen molar-refractivity contribution in [1.82, 2.24) is 14.8 Å². The second kappa shape index (κ2) is 6.68. The molecule has 5 nitrogen and oxygen atoms in total. The topological polar surface area (TPSA) is 57.4 Å². The number of nitrogens with two attached hydrogens (primary N) is 1. The van der Waals surface area contributed by atoms with Crippen LogP contribution >= 0.6 is 0 Å². The molecule has 0 atom stereocenters. The molecule has 0 aromatic carbocycles. The Kier molecular flexibility index (Phi) is 4.92. The number of rotatable bonds is 5. The smallest absolute Gasteiger partial charge is 0.140 e. The first-order valence-electron chi connectivity index (χ1n) is 6.68. The molecule has 0 amide bonds. The lowest BCUT2D eigenvalue weighted by molar-refractivity contribution is 0.127. The van der Waals surface area contributed by atoms with Crippen molar-refractivity contribution in [2.45, 2.75) is 19.9 Å². The Labute approximate surface area is 109 Å². The van der Waals surface area contributed by atoms with E-state index in [4.69, 9.17) is 5.84 Å². The summed E-state index contributed by atoms with van der Waals surface area (Å²) in [6.45, 7) is 9.11. The highest BCUT2D eigenvalue weighted by Gasteiger charge is 2.16. The molecule has 1 aromatic heterocycles. The molecule has 0 aliphatic carbocycles. The van der Waals surface area contributed by atoms with E-state index in [0.717, 1.165) is 25.5 Å². The van der Waals surface area contributed by atoms with Gasteiger partial charge < -0.3 is 10.3 Å². The minimum atomic E-state index is 0.733. The molecule has 1 saturated heterocycles. The van der Waals surface area contributed by atoms with E-state index in [0.29, 0.717) is 0 Å². The van der Waals surface area contributed by atoms with Crippen LogP contribution in [-0.2, 0) is 6.54 Å². The van der Waals surface area contributed by atoms with Gasteiger partial charge in [0.25, 0.3) is 0 Å². The van der Waals surface area contributed by atoms with Crippen LogP contribution in [0.25, 0.3) is 0 Å². The van der Waals surface area contributed by atoms with E-state index in [9.17, 15) is 0 Å². The third-order valence-electron chi connectivity index (χ3n) is 3.38. The van der Waals surface area contributed by atoms with Crippen molar-refractivity contribution in [3.8, 4) is 0 Å². The molecule has 0 bridgehead atoms. The Morgan fingerprint density at radius 1 is 1.28 bits per heavy atom. The molecule has 1 aromatic rings. The average molecular weight is 249 g/mol. The number of piperazine rings is 1. The number of nitrogen functional groups attached to an aromatic ring is 1. The fourth-order valence-electron chi connectivity index (χ4n) is 2.40. The van der Waals surface area contributed by atoms with Crippen molar-refractivity contribution in [1.29, 1.82) is 0 Å². The first kappa shape index (κ1) is 13.3. The number of hydrogen-bond acceptors (Lipinski definition) is 5. The molecule has 0 spiro atoms. The number of hydrazine groups is 1. The zero-order valence-corrected chi connectivity index (χ0v) is 11.1. The summed E-state index contributed by atoms with van der Waals surface area (Å²) in [4.78, 5) is 9.15. The van der Waals surface area contributed by atoms with E-state index in [1.165, 1.54) is 31.6 Å². The second-order valence-electron chi connectivity index (χ2n) is 4.81. The lowest BCUT2D eigenvalue weighted by atomic mass is 10.2. The summed E-state index contributed by atoms with van der Waals surface area (Å²) in [5.74, 6) is 6.10. The summed E-state index contributed by atoms with van der Waals surface area (Å²) in [6, 6.07) is 4.07. The zero-order chi connectivity index (χ0) is 12.8. The fourth-order valence-corrected chi connectivity index (χ4v) is 2.40. The van der Waals surface area contributed by atoms with Gasteiger partial charge in [-0.15, -0.1) is 0 Å². The van der Waals surface area contributed by atoms with Crippen LogP contribution in [0.3, 0.4) is 0 Å². The van der Waals surface area contributed by atoms with Crippen molar-refractivity contribution in [3.63, 3.8) is 0 Å². The van der Waals surface area contributed by atoms with E-state index in [1.807, 2.05) is 6.07 Å². The lowest BCUT2D eigenvalue weighted by Gasteiger charge is -2.34. The number of hydrogen-bond donors (Lipinski definition) is 2. The molecule has 1 fully saturated rings. The van der Waals surface area contributed by atoms with Gasteiger partial charge in [0, 0.05) is 38.9 Å². The molecular formula is C13H23N5. The number of aromatic nitrogens is 1. The van der Waals surface area contributed by atoms with E-state index >= 15 is 0 Å². The Morgan fingerprint density at radius 2 is 2.00 bits per heavy atom. The van der Waals surface area contributed by atoms with Crippen LogP contribution in [0.5, 0.6) is 0 Å². The molecule has 1 aliphatic rings. The van der Waals surface area contributed by atoms with Gasteiger partial charge in [0.2, 0.25) is 0 Å². The van der Waals surface area contributed by atoms with Gasteiger partial charge in [-0.25, -0.2) is 10.8 Å². The molecule has 2 heterocycles. The van der Waals surface area contributed by atoms with Crippen molar-refractivity contribution < 1.29 is 0 Å². The summed E-state index contributed by atoms with van der Waals surface area (Å²) >= 11 is 0. The summed E-state index contributed by atoms with van der Waals surface area (Å²) in [5, 5.41) is 0. The van der Waals surface area contributed by atoms with E-state index in [1.54, 1.807) is 6.20 Å². The Morgan fingerprint density at radius 3 is 2.67 bits per heavy atom. The number of anilines is 1. The van der Waals surface area contributed by atoms with Gasteiger partial charge in [0.15, 0.2) is 0 Å². The van der Waals surface area contributed by atoms with Crippen LogP contribution in [0.1, 0.15) is 18.9 Å². The Balaban J connectivity index is 1.83. The van der Waals surface area contributed by atoms with Crippen molar-refractivity contribution in [3.05, 3.63) is 23.9 Å². The van der Waals surface area contributed by atoms with Gasteiger partial charge in [0.1, 0.15) is 5.82 Å². The summed E-state index contributed by atoms with van der Waals surface area (Å²) in [7, 11) is 0. The van der Waals surface area contributed by atoms with Gasteiger partial charge in [-0.05, 0) is 30.7 Å². The van der Waals surface area contributed by atoms with E-state index in [2.05, 4.69) is 33.2 Å². The second-order valence-corrected chi connectivity index (χ2v) is 4.81. The Bertz CT molecular complexity index is 360. The van der Waals surface area contributed by atoms with Gasteiger partial charge in [0.05, 0.1) is 0 Å². The van der Waals surface area contributed by atoms with Crippen molar-refractivity contribution in [2.75, 3.05) is 38.1 Å². The molecule has 0 saturated carbocycles. The van der Waals surface area contributed by atoms with Crippen LogP contribution < -0.4 is 11.3 Å². The highest BCUT2D eigenvalue weighted by Crippen LogP contribution is 2.11. The van der Waals surface area contributed by atoms with Gasteiger partial charge in [-0.1, -0.05) is 6.92 Å². The summed E-state index contributed by atoms with van der Waals surface area (Å²) < 4.78 is 0. The molecule has 3 N–H and O–H groups in total. The maximum Gasteiger partial charge on any atom is 0.140 e. The molecule has 1 aliphatic heterocycles. The quantitative estimate of drug-likeness (QED) is 0.600. The Hall–Kier alpha value is -1.17. The maximum atomic E-state index is 5.37. The predicted octanol–water partition coefficient (Wildman–Crippen LogP) is 0.895. The monoisotopic (exact) mass is 249 g/mol. The largest absolute Gasteiger partial charge is 0.308 e. The minimum Gasteiger partial charge on any atom is -0.308 e. The van der Waals surface area contributed by atoms with E-state index in [-0.39, 0.29) is 0 Å². The van der Waals surface area contributed by atoms with Crippen molar-refractivity contribution in [2.24, 2.45) is 5.84 Å². The number of nitrogens with one attached hydrogen (secondary N) is 1. The molecule has 0 unspecified atom stereocenters. The SMILES string of the molecule is CCCN1CCN(Cc2ccnc(NN)c2)CC1. The summed E-state index contributed by atoms with van der Waals surface area (Å²) in [5.41, 5.74) is 3.86. The molecule has 100 valence electrons. The normalized spacial score (nSPS) is 17.9. The molecule has 5 heteroatoms. The first-order chi connectivity index (χ1) is 8.81. The van der Waals surface area contributed by atoms with Gasteiger partial charge >= 0.3 is 0 Å². The van der Waals surface area contributed by atoms with Crippen LogP contribution in [-0.4, -0.2) is 47.5 Å².